The number of hydrogen-bond acceptors (Lipinski definition) is 4. The van der Waals surface area contributed by atoms with Gasteiger partial charge in [-0.05, 0) is 32.9 Å². The van der Waals surface area contributed by atoms with E-state index in [4.69, 9.17) is 0 Å². The molecule has 0 saturated heterocycles. The van der Waals surface area contributed by atoms with E-state index in [0.29, 0.717) is 0 Å². The van der Waals surface area contributed by atoms with E-state index in [1.807, 2.05) is 26.8 Å². The van der Waals surface area contributed by atoms with Crippen LogP contribution in [0.5, 0.6) is 0 Å². The molecule has 1 amide bonds. The highest BCUT2D eigenvalue weighted by Gasteiger charge is 2.07. The van der Waals surface area contributed by atoms with Gasteiger partial charge in [-0.3, -0.25) is 9.59 Å². The Morgan fingerprint density at radius 3 is 2.76 bits per heavy atom. The molecule has 0 radical (unpaired) electrons. The van der Waals surface area contributed by atoms with E-state index in [-0.39, 0.29) is 18.0 Å². The standard InChI is InChI=1S/C15H17N3O2S/c1-10-8-13(12(3)21-10)11(2)16-17-14(19)9-18-7-5-4-6-15(18)20/h4-8H,9H2,1-3H3,(H,17,19)/b16-11-. The van der Waals surface area contributed by atoms with Crippen LogP contribution in [0.25, 0.3) is 0 Å². The van der Waals surface area contributed by atoms with Gasteiger partial charge in [0.2, 0.25) is 0 Å². The van der Waals surface area contributed by atoms with Crippen molar-refractivity contribution < 1.29 is 4.79 Å². The second-order valence-corrected chi connectivity index (χ2v) is 6.19. The van der Waals surface area contributed by atoms with E-state index in [1.54, 1.807) is 29.7 Å². The molecule has 1 N–H and O–H groups in total. The summed E-state index contributed by atoms with van der Waals surface area (Å²) in [5.41, 5.74) is 4.07. The van der Waals surface area contributed by atoms with Crippen LogP contribution in [0.4, 0.5) is 0 Å². The van der Waals surface area contributed by atoms with Crippen LogP contribution in [-0.2, 0) is 11.3 Å². The lowest BCUT2D eigenvalue weighted by molar-refractivity contribution is -0.121. The molecule has 2 aromatic heterocycles. The van der Waals surface area contributed by atoms with Gasteiger partial charge in [-0.15, -0.1) is 11.3 Å². The number of rotatable bonds is 4. The Morgan fingerprint density at radius 1 is 1.38 bits per heavy atom. The number of carbonyl (C=O) groups excluding carboxylic acids is 1. The van der Waals surface area contributed by atoms with Crippen molar-refractivity contribution in [1.82, 2.24) is 9.99 Å². The fourth-order valence-corrected chi connectivity index (χ4v) is 2.95. The molecule has 0 aromatic carbocycles. The SMILES string of the molecule is C/C(=N/NC(=O)Cn1ccccc1=O)c1cc(C)sc1C. The minimum atomic E-state index is -0.327. The van der Waals surface area contributed by atoms with E-state index >= 15 is 0 Å². The number of thiophene rings is 1. The number of aryl methyl sites for hydroxylation is 2. The van der Waals surface area contributed by atoms with Gasteiger partial charge in [0.15, 0.2) is 0 Å². The second-order valence-electron chi connectivity index (χ2n) is 4.73. The number of carbonyl (C=O) groups is 1. The maximum atomic E-state index is 11.8. The van der Waals surface area contributed by atoms with Crippen LogP contribution in [0.15, 0.2) is 40.4 Å². The first-order valence-corrected chi connectivity index (χ1v) is 7.35. The zero-order valence-corrected chi connectivity index (χ0v) is 13.0. The fourth-order valence-electron chi connectivity index (χ4n) is 1.98. The molecule has 6 heteroatoms. The number of aromatic nitrogens is 1. The maximum Gasteiger partial charge on any atom is 0.260 e. The average molecular weight is 303 g/mol. The van der Waals surface area contributed by atoms with Gasteiger partial charge in [0.1, 0.15) is 6.54 Å². The average Bonchev–Trinajstić information content (AvgIpc) is 2.78. The van der Waals surface area contributed by atoms with Crippen LogP contribution in [0, 0.1) is 13.8 Å². The zero-order valence-electron chi connectivity index (χ0n) is 12.2. The predicted molar refractivity (Wildman–Crippen MR) is 84.8 cm³/mol. The topological polar surface area (TPSA) is 63.5 Å². The lowest BCUT2D eigenvalue weighted by Gasteiger charge is -2.04. The number of pyridine rings is 1. The van der Waals surface area contributed by atoms with Crippen molar-refractivity contribution in [3.63, 3.8) is 0 Å². The molecule has 0 spiro atoms. The minimum Gasteiger partial charge on any atom is -0.306 e. The smallest absolute Gasteiger partial charge is 0.260 e. The molecule has 0 saturated carbocycles. The summed E-state index contributed by atoms with van der Waals surface area (Å²) in [5.74, 6) is -0.327. The molecule has 0 aliphatic rings. The molecule has 0 aliphatic carbocycles. The van der Waals surface area contributed by atoms with Crippen molar-refractivity contribution in [2.45, 2.75) is 27.3 Å². The van der Waals surface area contributed by atoms with E-state index in [2.05, 4.69) is 10.5 Å². The lowest BCUT2D eigenvalue weighted by Crippen LogP contribution is -2.29. The number of hydrazone groups is 1. The molecular weight excluding hydrogens is 286 g/mol. The van der Waals surface area contributed by atoms with Gasteiger partial charge in [0.05, 0.1) is 5.71 Å². The Kier molecular flexibility index (Phi) is 4.70. The van der Waals surface area contributed by atoms with Gasteiger partial charge in [0.25, 0.3) is 11.5 Å². The number of nitrogens with one attached hydrogen (secondary N) is 1. The first kappa shape index (κ1) is 15.2. The fraction of sp³-hybridized carbons (Fsp3) is 0.267. The molecule has 110 valence electrons. The molecular formula is C15H17N3O2S. The Hall–Kier alpha value is -2.21. The van der Waals surface area contributed by atoms with Crippen molar-refractivity contribution in [1.29, 1.82) is 0 Å². The quantitative estimate of drug-likeness (QED) is 0.694. The van der Waals surface area contributed by atoms with E-state index in [9.17, 15) is 9.59 Å². The summed E-state index contributed by atoms with van der Waals surface area (Å²) in [6, 6.07) is 6.81. The molecule has 2 heterocycles. The monoisotopic (exact) mass is 303 g/mol. The van der Waals surface area contributed by atoms with Crippen LogP contribution in [-0.4, -0.2) is 16.2 Å². The first-order chi connectivity index (χ1) is 9.97. The number of amides is 1. The molecule has 0 fully saturated rings. The van der Waals surface area contributed by atoms with Crippen LogP contribution in [0.2, 0.25) is 0 Å². The highest BCUT2D eigenvalue weighted by Crippen LogP contribution is 2.20. The minimum absolute atomic E-state index is 0.0436. The van der Waals surface area contributed by atoms with Gasteiger partial charge >= 0.3 is 0 Å². The molecule has 0 unspecified atom stereocenters. The second kappa shape index (κ2) is 6.49. The third-order valence-corrected chi connectivity index (χ3v) is 3.96. The van der Waals surface area contributed by atoms with Crippen LogP contribution in [0.3, 0.4) is 0 Å². The summed E-state index contributed by atoms with van der Waals surface area (Å²) >= 11 is 1.70. The van der Waals surface area contributed by atoms with Crippen molar-refractivity contribution in [2.24, 2.45) is 5.10 Å². The lowest BCUT2D eigenvalue weighted by atomic mass is 10.2. The predicted octanol–water partition coefficient (Wildman–Crippen LogP) is 2.07. The summed E-state index contributed by atoms with van der Waals surface area (Å²) in [6.45, 7) is 5.87. The normalized spacial score (nSPS) is 11.5. The molecule has 2 rings (SSSR count). The van der Waals surface area contributed by atoms with E-state index in [1.165, 1.54) is 20.4 Å². The van der Waals surface area contributed by atoms with Crippen LogP contribution >= 0.6 is 11.3 Å². The van der Waals surface area contributed by atoms with Gasteiger partial charge in [-0.2, -0.15) is 5.10 Å². The van der Waals surface area contributed by atoms with Crippen LogP contribution < -0.4 is 11.0 Å². The Labute approximate surface area is 126 Å². The first-order valence-electron chi connectivity index (χ1n) is 6.53. The van der Waals surface area contributed by atoms with Crippen molar-refractivity contribution in [2.75, 3.05) is 0 Å². The number of nitrogens with zero attached hydrogens (tertiary/aromatic N) is 2. The maximum absolute atomic E-state index is 11.8. The van der Waals surface area contributed by atoms with E-state index < -0.39 is 0 Å². The number of hydrogen-bond donors (Lipinski definition) is 1. The molecule has 0 atom stereocenters. The highest BCUT2D eigenvalue weighted by molar-refractivity contribution is 7.12. The third kappa shape index (κ3) is 3.88. The molecule has 2 aromatic rings. The van der Waals surface area contributed by atoms with Gasteiger partial charge in [-0.1, -0.05) is 6.07 Å². The van der Waals surface area contributed by atoms with Gasteiger partial charge in [0, 0.05) is 27.6 Å². The summed E-state index contributed by atoms with van der Waals surface area (Å²) in [7, 11) is 0. The summed E-state index contributed by atoms with van der Waals surface area (Å²) in [6.07, 6.45) is 1.57. The van der Waals surface area contributed by atoms with Gasteiger partial charge < -0.3 is 4.57 Å². The molecule has 0 aliphatic heterocycles. The van der Waals surface area contributed by atoms with Crippen molar-refractivity contribution in [3.8, 4) is 0 Å². The zero-order chi connectivity index (χ0) is 15.4. The Bertz CT molecular complexity index is 743. The van der Waals surface area contributed by atoms with E-state index in [0.717, 1.165) is 11.3 Å². The third-order valence-electron chi connectivity index (χ3n) is 2.99. The largest absolute Gasteiger partial charge is 0.306 e. The molecule has 0 bridgehead atoms. The molecule has 21 heavy (non-hydrogen) atoms. The van der Waals surface area contributed by atoms with Crippen molar-refractivity contribution >= 4 is 23.0 Å². The van der Waals surface area contributed by atoms with Crippen molar-refractivity contribution in [3.05, 3.63) is 56.1 Å². The highest BCUT2D eigenvalue weighted by atomic mass is 32.1. The summed E-state index contributed by atoms with van der Waals surface area (Å²) in [4.78, 5) is 25.7. The Balaban J connectivity index is 2.03. The Morgan fingerprint density at radius 2 is 2.14 bits per heavy atom. The van der Waals surface area contributed by atoms with Crippen LogP contribution in [0.1, 0.15) is 22.2 Å². The summed E-state index contributed by atoms with van der Waals surface area (Å²) in [5, 5.41) is 4.10. The van der Waals surface area contributed by atoms with Gasteiger partial charge in [-0.25, -0.2) is 5.43 Å². The molecule has 5 nitrogen and oxygen atoms in total. The summed E-state index contributed by atoms with van der Waals surface area (Å²) < 4.78 is 1.33.